The van der Waals surface area contributed by atoms with Gasteiger partial charge in [0.1, 0.15) is 35.9 Å². The Balaban J connectivity index is 2.36. The molecule has 0 spiro atoms. The van der Waals surface area contributed by atoms with Crippen molar-refractivity contribution in [3.63, 3.8) is 0 Å². The topological polar surface area (TPSA) is 167 Å². The molecule has 0 amide bonds. The van der Waals surface area contributed by atoms with E-state index in [-0.39, 0.29) is 5.75 Å². The number of hydrogen-bond donors (Lipinski definition) is 3. The van der Waals surface area contributed by atoms with Crippen molar-refractivity contribution in [2.24, 2.45) is 4.99 Å². The SMILES string of the molecule is COc1ccc(O[C@@H]2O[C@H](CO)[C@H](O)[C@H](OS(=O)(=O)O)[C@H]2N=C(C)[O-])cc1. The summed E-state index contributed by atoms with van der Waals surface area (Å²) in [6, 6.07) is 4.76. The number of benzene rings is 1. The maximum atomic E-state index is 11.5. The number of nitrogens with zero attached hydrogens (tertiary/aromatic N) is 1. The molecule has 0 saturated carbocycles. The molecule has 1 fully saturated rings. The lowest BCUT2D eigenvalue weighted by Crippen LogP contribution is -2.61. The predicted octanol–water partition coefficient (Wildman–Crippen LogP) is -1.51. The van der Waals surface area contributed by atoms with Gasteiger partial charge in [0.2, 0.25) is 6.29 Å². The van der Waals surface area contributed by atoms with Gasteiger partial charge in [0.15, 0.2) is 0 Å². The summed E-state index contributed by atoms with van der Waals surface area (Å²) in [5.41, 5.74) is 0. The third kappa shape index (κ3) is 5.76. The summed E-state index contributed by atoms with van der Waals surface area (Å²) in [7, 11) is -3.52. The van der Waals surface area contributed by atoms with Gasteiger partial charge in [-0.1, -0.05) is 0 Å². The van der Waals surface area contributed by atoms with Crippen molar-refractivity contribution in [2.45, 2.75) is 37.6 Å². The first-order valence-corrected chi connectivity index (χ1v) is 9.13. The van der Waals surface area contributed by atoms with Crippen LogP contribution in [0.5, 0.6) is 11.5 Å². The molecule has 0 radical (unpaired) electrons. The van der Waals surface area contributed by atoms with E-state index in [4.69, 9.17) is 18.8 Å². The van der Waals surface area contributed by atoms with Crippen LogP contribution < -0.4 is 14.6 Å². The molecule has 1 saturated heterocycles. The van der Waals surface area contributed by atoms with E-state index < -0.39 is 53.5 Å². The van der Waals surface area contributed by atoms with Crippen molar-refractivity contribution in [1.29, 1.82) is 0 Å². The molecular weight excluding hydrogens is 386 g/mol. The Morgan fingerprint density at radius 1 is 1.30 bits per heavy atom. The van der Waals surface area contributed by atoms with Crippen molar-refractivity contribution in [2.75, 3.05) is 13.7 Å². The molecular formula is C15H20NO10S-. The van der Waals surface area contributed by atoms with Gasteiger partial charge in [0, 0.05) is 0 Å². The van der Waals surface area contributed by atoms with Crippen LogP contribution in [0, 0.1) is 0 Å². The number of aliphatic hydroxyl groups is 2. The zero-order valence-corrected chi connectivity index (χ0v) is 15.3. The molecule has 152 valence electrons. The minimum absolute atomic E-state index is 0.253. The molecule has 0 aromatic heterocycles. The minimum atomic E-state index is -5.00. The number of ether oxygens (including phenoxy) is 3. The van der Waals surface area contributed by atoms with Crippen molar-refractivity contribution in [3.8, 4) is 11.5 Å². The molecule has 2 rings (SSSR count). The molecule has 1 aromatic carbocycles. The second kappa shape index (κ2) is 8.82. The number of methoxy groups -OCH3 is 1. The Kier molecular flexibility index (Phi) is 6.97. The first-order valence-electron chi connectivity index (χ1n) is 7.77. The van der Waals surface area contributed by atoms with Crippen LogP contribution in [0.3, 0.4) is 0 Å². The smallest absolute Gasteiger partial charge is 0.397 e. The first kappa shape index (κ1) is 21.3. The zero-order chi connectivity index (χ0) is 20.2. The van der Waals surface area contributed by atoms with E-state index >= 15 is 0 Å². The van der Waals surface area contributed by atoms with Crippen molar-refractivity contribution in [3.05, 3.63) is 24.3 Å². The van der Waals surface area contributed by atoms with Crippen LogP contribution in [0.2, 0.25) is 0 Å². The molecule has 27 heavy (non-hydrogen) atoms. The molecule has 0 unspecified atom stereocenters. The predicted molar refractivity (Wildman–Crippen MR) is 88.7 cm³/mol. The van der Waals surface area contributed by atoms with Crippen LogP contribution in [0.1, 0.15) is 6.92 Å². The Bertz CT molecular complexity index is 746. The van der Waals surface area contributed by atoms with E-state index in [1.165, 1.54) is 19.2 Å². The molecule has 3 N–H and O–H groups in total. The molecule has 1 heterocycles. The highest BCUT2D eigenvalue weighted by molar-refractivity contribution is 7.80. The summed E-state index contributed by atoms with van der Waals surface area (Å²) in [5.74, 6) is 0.0851. The maximum Gasteiger partial charge on any atom is 0.397 e. The minimum Gasteiger partial charge on any atom is -0.862 e. The van der Waals surface area contributed by atoms with Gasteiger partial charge in [-0.2, -0.15) is 8.42 Å². The molecule has 1 aliphatic rings. The quantitative estimate of drug-likeness (QED) is 0.275. The summed E-state index contributed by atoms with van der Waals surface area (Å²) in [6.45, 7) is 0.390. The molecule has 0 aliphatic carbocycles. The maximum absolute atomic E-state index is 11.5. The van der Waals surface area contributed by atoms with E-state index in [1.807, 2.05) is 0 Å². The van der Waals surface area contributed by atoms with E-state index in [1.54, 1.807) is 12.1 Å². The van der Waals surface area contributed by atoms with E-state index in [9.17, 15) is 23.7 Å². The van der Waals surface area contributed by atoms with Crippen LogP contribution in [0.4, 0.5) is 0 Å². The van der Waals surface area contributed by atoms with Gasteiger partial charge >= 0.3 is 10.4 Å². The first-order chi connectivity index (χ1) is 12.6. The molecule has 0 bridgehead atoms. The largest absolute Gasteiger partial charge is 0.862 e. The van der Waals surface area contributed by atoms with Crippen LogP contribution in [0.25, 0.3) is 0 Å². The third-order valence-corrected chi connectivity index (χ3v) is 4.16. The molecule has 5 atom stereocenters. The van der Waals surface area contributed by atoms with E-state index in [0.29, 0.717) is 5.75 Å². The fraction of sp³-hybridized carbons (Fsp3) is 0.533. The van der Waals surface area contributed by atoms with E-state index in [2.05, 4.69) is 9.18 Å². The third-order valence-electron chi connectivity index (χ3n) is 3.70. The monoisotopic (exact) mass is 406 g/mol. The van der Waals surface area contributed by atoms with Gasteiger partial charge in [-0.25, -0.2) is 4.18 Å². The summed E-state index contributed by atoms with van der Waals surface area (Å²) >= 11 is 0. The summed E-state index contributed by atoms with van der Waals surface area (Å²) < 4.78 is 51.8. The number of hydrogen-bond acceptors (Lipinski definition) is 10. The summed E-state index contributed by atoms with van der Waals surface area (Å²) in [5, 5.41) is 31.0. The summed E-state index contributed by atoms with van der Waals surface area (Å²) in [4.78, 5) is 3.68. The Labute approximate surface area is 155 Å². The van der Waals surface area contributed by atoms with Gasteiger partial charge in [0.25, 0.3) is 0 Å². The highest BCUT2D eigenvalue weighted by atomic mass is 32.3. The number of rotatable bonds is 7. The van der Waals surface area contributed by atoms with Crippen LogP contribution in [-0.2, 0) is 19.3 Å². The highest BCUT2D eigenvalue weighted by Crippen LogP contribution is 2.29. The van der Waals surface area contributed by atoms with Crippen molar-refractivity contribution < 1.29 is 46.7 Å². The Hall–Kier alpha value is -1.96. The van der Waals surface area contributed by atoms with Crippen molar-refractivity contribution in [1.82, 2.24) is 0 Å². The van der Waals surface area contributed by atoms with Gasteiger partial charge < -0.3 is 29.5 Å². The normalized spacial score (nSPS) is 29.4. The van der Waals surface area contributed by atoms with Gasteiger partial charge in [-0.05, 0) is 37.1 Å². The van der Waals surface area contributed by atoms with Gasteiger partial charge in [0.05, 0.1) is 13.7 Å². The van der Waals surface area contributed by atoms with Crippen LogP contribution >= 0.6 is 0 Å². The average Bonchev–Trinajstić information content (AvgIpc) is 2.59. The highest BCUT2D eigenvalue weighted by Gasteiger charge is 2.49. The summed E-state index contributed by atoms with van der Waals surface area (Å²) in [6.07, 6.45) is -6.13. The Morgan fingerprint density at radius 2 is 1.89 bits per heavy atom. The molecule has 11 nitrogen and oxygen atoms in total. The average molecular weight is 406 g/mol. The number of aliphatic hydroxyl groups excluding tert-OH is 2. The molecule has 12 heteroatoms. The lowest BCUT2D eigenvalue weighted by atomic mass is 9.97. The molecule has 1 aliphatic heterocycles. The second-order valence-electron chi connectivity index (χ2n) is 5.64. The second-order valence-corrected chi connectivity index (χ2v) is 6.68. The standard InChI is InChI=1S/C15H21NO10S/c1-8(18)16-12-14(26-27(20,21)22)13(19)11(7-17)25-15(12)24-10-5-3-9(23-2)4-6-10/h3-6,11-15,17,19H,7H2,1-2H3,(H,16,18)(H,20,21,22)/p-1/t11-,12-,13+,14-,15-/m1/s1. The number of aliphatic imine (C=N–C) groups is 1. The van der Waals surface area contributed by atoms with Crippen LogP contribution in [0.15, 0.2) is 29.3 Å². The van der Waals surface area contributed by atoms with Crippen LogP contribution in [-0.4, -0.2) is 73.4 Å². The van der Waals surface area contributed by atoms with Crippen molar-refractivity contribution >= 4 is 16.3 Å². The molecule has 1 aromatic rings. The lowest BCUT2D eigenvalue weighted by molar-refractivity contribution is -0.241. The fourth-order valence-electron chi connectivity index (χ4n) is 2.54. The lowest BCUT2D eigenvalue weighted by Gasteiger charge is -2.41. The fourth-order valence-corrected chi connectivity index (χ4v) is 3.05. The van der Waals surface area contributed by atoms with Gasteiger partial charge in [-0.3, -0.25) is 9.55 Å². The van der Waals surface area contributed by atoms with Gasteiger partial charge in [-0.15, -0.1) is 0 Å². The van der Waals surface area contributed by atoms with E-state index in [0.717, 1.165) is 6.92 Å². The zero-order valence-electron chi connectivity index (χ0n) is 14.5. The Morgan fingerprint density at radius 3 is 2.37 bits per heavy atom.